The number of nitrogens with one attached hydrogen (secondary N) is 1. The quantitative estimate of drug-likeness (QED) is 0.141. The fourth-order valence-corrected chi connectivity index (χ4v) is 6.43. The monoisotopic (exact) mass is 804 g/mol. The van der Waals surface area contributed by atoms with E-state index in [4.69, 9.17) is 14.2 Å². The van der Waals surface area contributed by atoms with E-state index in [2.05, 4.69) is 5.32 Å². The molecule has 3 aromatic rings. The van der Waals surface area contributed by atoms with E-state index < -0.39 is 71.8 Å². The van der Waals surface area contributed by atoms with Gasteiger partial charge in [0.15, 0.2) is 6.10 Å². The van der Waals surface area contributed by atoms with E-state index >= 15 is 0 Å². The third-order valence-electron chi connectivity index (χ3n) is 10.5. The first kappa shape index (κ1) is 46.8. The normalized spacial score (nSPS) is 14.3. The highest BCUT2D eigenvalue weighted by Gasteiger charge is 2.40. The fourth-order valence-electron chi connectivity index (χ4n) is 6.43. The lowest BCUT2D eigenvalue weighted by Crippen LogP contribution is -2.59. The maximum absolute atomic E-state index is 14.5. The van der Waals surface area contributed by atoms with E-state index in [0.29, 0.717) is 29.7 Å². The number of likely N-dealkylation sites (N-methyl/N-ethyl adjacent to an activating group) is 3. The number of carbonyl (C=O) groups is 5. The van der Waals surface area contributed by atoms with E-state index in [9.17, 15) is 34.2 Å². The van der Waals surface area contributed by atoms with Crippen molar-refractivity contribution in [3.8, 4) is 17.2 Å². The first-order valence-corrected chi connectivity index (χ1v) is 19.4. The van der Waals surface area contributed by atoms with Crippen LogP contribution in [0.4, 0.5) is 0 Å². The fraction of sp³-hybridized carbons (Fsp3) is 0.477. The second-order valence-corrected chi connectivity index (χ2v) is 15.2. The molecule has 316 valence electrons. The molecule has 0 aliphatic carbocycles. The Morgan fingerprint density at radius 1 is 0.638 bits per heavy atom. The van der Waals surface area contributed by atoms with Gasteiger partial charge in [-0.15, -0.1) is 0 Å². The lowest BCUT2D eigenvalue weighted by atomic mass is 9.96. The molecule has 14 heteroatoms. The van der Waals surface area contributed by atoms with Crippen LogP contribution < -0.4 is 10.1 Å². The molecule has 6 atom stereocenters. The maximum Gasteiger partial charge on any atom is 0.328 e. The standard InChI is InChI=1S/C44H60N4O10/c1-11-28(4)39(58-44(55)36(46(5)6)25-31-16-22-34(56-9)23-17-31)40(51)45-38(27(2)3)42(53)47(7)35(24-29-12-18-32(49)19-13-29)41(52)48(8)37(43(54)57-10)26-30-14-20-33(50)21-15-30/h12-23,27-28,35-39,49-50H,11,24-26H2,1-10H3,(H,45,51)/t28-,35?,36+,37-,38-,39+/m1/s1. The molecule has 3 rings (SSSR count). The highest BCUT2D eigenvalue weighted by atomic mass is 16.6. The third kappa shape index (κ3) is 12.7. The van der Waals surface area contributed by atoms with Gasteiger partial charge in [-0.05, 0) is 85.9 Å². The zero-order valence-corrected chi connectivity index (χ0v) is 35.3. The Morgan fingerprint density at radius 2 is 1.09 bits per heavy atom. The predicted molar refractivity (Wildman–Crippen MR) is 219 cm³/mol. The highest BCUT2D eigenvalue weighted by molar-refractivity contribution is 5.95. The average molecular weight is 805 g/mol. The van der Waals surface area contributed by atoms with Gasteiger partial charge in [0.1, 0.15) is 41.4 Å². The summed E-state index contributed by atoms with van der Waals surface area (Å²) in [7, 11) is 9.21. The van der Waals surface area contributed by atoms with Gasteiger partial charge in [-0.3, -0.25) is 24.1 Å². The third-order valence-corrected chi connectivity index (χ3v) is 10.5. The van der Waals surface area contributed by atoms with Crippen molar-refractivity contribution in [2.75, 3.05) is 42.4 Å². The summed E-state index contributed by atoms with van der Waals surface area (Å²) >= 11 is 0. The van der Waals surface area contributed by atoms with Crippen LogP contribution >= 0.6 is 0 Å². The lowest BCUT2D eigenvalue weighted by molar-refractivity contribution is -0.164. The number of ether oxygens (including phenoxy) is 3. The molecule has 0 aromatic heterocycles. The number of aromatic hydroxyl groups is 2. The number of rotatable bonds is 20. The number of hydrogen-bond acceptors (Lipinski definition) is 11. The lowest BCUT2D eigenvalue weighted by Gasteiger charge is -2.36. The van der Waals surface area contributed by atoms with Crippen molar-refractivity contribution in [2.24, 2.45) is 11.8 Å². The number of amides is 3. The molecule has 3 amide bonds. The molecule has 3 aromatic carbocycles. The molecule has 0 saturated heterocycles. The largest absolute Gasteiger partial charge is 0.508 e. The van der Waals surface area contributed by atoms with E-state index in [0.717, 1.165) is 5.56 Å². The topological polar surface area (TPSA) is 175 Å². The molecular formula is C44H60N4O10. The number of benzene rings is 3. The minimum Gasteiger partial charge on any atom is -0.508 e. The first-order chi connectivity index (χ1) is 27.4. The van der Waals surface area contributed by atoms with E-state index in [1.54, 1.807) is 83.3 Å². The van der Waals surface area contributed by atoms with Crippen molar-refractivity contribution < 1.29 is 48.4 Å². The summed E-state index contributed by atoms with van der Waals surface area (Å²) in [5.41, 5.74) is 2.15. The number of methoxy groups -OCH3 is 2. The highest BCUT2D eigenvalue weighted by Crippen LogP contribution is 2.22. The van der Waals surface area contributed by atoms with E-state index in [1.165, 1.54) is 55.3 Å². The maximum atomic E-state index is 14.5. The zero-order valence-electron chi connectivity index (χ0n) is 35.3. The first-order valence-electron chi connectivity index (χ1n) is 19.4. The van der Waals surface area contributed by atoms with Crippen molar-refractivity contribution in [1.82, 2.24) is 20.0 Å². The number of carbonyl (C=O) groups excluding carboxylic acids is 5. The molecule has 0 radical (unpaired) electrons. The van der Waals surface area contributed by atoms with Gasteiger partial charge in [0.2, 0.25) is 11.8 Å². The number of nitrogens with zero attached hydrogens (tertiary/aromatic N) is 3. The summed E-state index contributed by atoms with van der Waals surface area (Å²) in [6, 6.07) is 15.6. The van der Waals surface area contributed by atoms with Crippen LogP contribution in [0, 0.1) is 11.8 Å². The molecule has 0 fully saturated rings. The van der Waals surface area contributed by atoms with Gasteiger partial charge in [0.25, 0.3) is 5.91 Å². The minimum atomic E-state index is -1.23. The number of phenols is 2. The van der Waals surface area contributed by atoms with Gasteiger partial charge in [-0.1, -0.05) is 64.1 Å². The Labute approximate surface area is 342 Å². The summed E-state index contributed by atoms with van der Waals surface area (Å²) < 4.78 is 16.3. The van der Waals surface area contributed by atoms with Crippen molar-refractivity contribution in [1.29, 1.82) is 0 Å². The average Bonchev–Trinajstić information content (AvgIpc) is 3.21. The van der Waals surface area contributed by atoms with Crippen molar-refractivity contribution in [2.45, 2.75) is 83.6 Å². The number of phenolic OH excluding ortho intramolecular Hbond substituents is 2. The van der Waals surface area contributed by atoms with E-state index in [-0.39, 0.29) is 24.3 Å². The summed E-state index contributed by atoms with van der Waals surface area (Å²) in [5.74, 6) is -3.22. The molecule has 0 spiro atoms. The van der Waals surface area contributed by atoms with Crippen LogP contribution in [0.5, 0.6) is 17.2 Å². The van der Waals surface area contributed by atoms with Crippen molar-refractivity contribution in [3.63, 3.8) is 0 Å². The molecular weight excluding hydrogens is 745 g/mol. The van der Waals surface area contributed by atoms with Crippen molar-refractivity contribution >= 4 is 29.7 Å². The predicted octanol–water partition coefficient (Wildman–Crippen LogP) is 3.99. The molecule has 0 bridgehead atoms. The molecule has 58 heavy (non-hydrogen) atoms. The van der Waals surface area contributed by atoms with Crippen LogP contribution in [0.1, 0.15) is 50.8 Å². The molecule has 14 nitrogen and oxygen atoms in total. The molecule has 0 saturated carbocycles. The Kier molecular flexibility index (Phi) is 17.5. The SMILES string of the molecule is CC[C@@H](C)[C@H](OC(=O)[C@H](Cc1ccc(OC)cc1)N(C)C)C(=O)N[C@@H](C(=O)N(C)C(Cc1ccc(O)cc1)C(=O)N(C)[C@H](Cc1ccc(O)cc1)C(=O)OC)C(C)C. The Balaban J connectivity index is 1.92. The Morgan fingerprint density at radius 3 is 1.52 bits per heavy atom. The molecule has 3 N–H and O–H groups in total. The summed E-state index contributed by atoms with van der Waals surface area (Å²) in [6.07, 6.45) is -0.341. The Bertz CT molecular complexity index is 1820. The van der Waals surface area contributed by atoms with Crippen LogP contribution in [0.2, 0.25) is 0 Å². The number of hydrogen-bond donors (Lipinski definition) is 3. The second kappa shape index (κ2) is 21.8. The second-order valence-electron chi connectivity index (χ2n) is 15.2. The van der Waals surface area contributed by atoms with E-state index in [1.807, 2.05) is 19.1 Å². The van der Waals surface area contributed by atoms with Crippen LogP contribution in [0.3, 0.4) is 0 Å². The van der Waals surface area contributed by atoms with Gasteiger partial charge in [-0.25, -0.2) is 4.79 Å². The molecule has 0 aliphatic heterocycles. The van der Waals surface area contributed by atoms with Crippen LogP contribution in [-0.2, 0) is 52.7 Å². The summed E-state index contributed by atoms with van der Waals surface area (Å²) in [6.45, 7) is 7.18. The van der Waals surface area contributed by atoms with Gasteiger partial charge < -0.3 is 39.5 Å². The van der Waals surface area contributed by atoms with Crippen LogP contribution in [0.25, 0.3) is 0 Å². The van der Waals surface area contributed by atoms with Crippen LogP contribution in [0.15, 0.2) is 72.8 Å². The minimum absolute atomic E-state index is 0.00475. The smallest absolute Gasteiger partial charge is 0.328 e. The van der Waals surface area contributed by atoms with Gasteiger partial charge in [0, 0.05) is 32.9 Å². The molecule has 0 heterocycles. The molecule has 1 unspecified atom stereocenters. The van der Waals surface area contributed by atoms with Gasteiger partial charge >= 0.3 is 11.9 Å². The van der Waals surface area contributed by atoms with Gasteiger partial charge in [0.05, 0.1) is 14.2 Å². The number of esters is 2. The Hall–Kier alpha value is -5.63. The van der Waals surface area contributed by atoms with Gasteiger partial charge in [-0.2, -0.15) is 0 Å². The molecule has 0 aliphatic rings. The summed E-state index contributed by atoms with van der Waals surface area (Å²) in [5, 5.41) is 22.6. The van der Waals surface area contributed by atoms with Crippen LogP contribution in [-0.4, -0.2) is 127 Å². The van der Waals surface area contributed by atoms with Crippen molar-refractivity contribution in [3.05, 3.63) is 89.5 Å². The summed E-state index contributed by atoms with van der Waals surface area (Å²) in [4.78, 5) is 74.2. The zero-order chi connectivity index (χ0) is 43.3.